The maximum absolute atomic E-state index is 5.63. The van der Waals surface area contributed by atoms with Crippen molar-refractivity contribution in [2.24, 2.45) is 10.9 Å². The van der Waals surface area contributed by atoms with Crippen LogP contribution in [-0.2, 0) is 17.8 Å². The third-order valence-electron chi connectivity index (χ3n) is 5.36. The van der Waals surface area contributed by atoms with E-state index in [-0.39, 0.29) is 24.0 Å². The molecule has 6 nitrogen and oxygen atoms in total. The van der Waals surface area contributed by atoms with Crippen molar-refractivity contribution in [3.05, 3.63) is 60.1 Å². The van der Waals surface area contributed by atoms with Gasteiger partial charge in [-0.05, 0) is 56.3 Å². The SMILES string of the molecule is CCNC(=NCC1CCN(CCc2ccccc2)C1)NCCCOCc1ccco1.I. The van der Waals surface area contributed by atoms with Crippen LogP contribution in [-0.4, -0.2) is 56.7 Å². The fourth-order valence-electron chi connectivity index (χ4n) is 3.71. The fraction of sp³-hybridized carbons (Fsp3) is 0.542. The van der Waals surface area contributed by atoms with E-state index in [0.29, 0.717) is 19.1 Å². The van der Waals surface area contributed by atoms with Crippen LogP contribution in [0.3, 0.4) is 0 Å². The molecule has 1 unspecified atom stereocenters. The zero-order valence-corrected chi connectivity index (χ0v) is 20.9. The Balaban J connectivity index is 0.00000341. The van der Waals surface area contributed by atoms with E-state index in [0.717, 1.165) is 57.3 Å². The Labute approximate surface area is 203 Å². The average Bonchev–Trinajstić information content (AvgIpc) is 3.45. The number of halogens is 1. The molecule has 1 atom stereocenters. The third kappa shape index (κ3) is 10.1. The predicted molar refractivity (Wildman–Crippen MR) is 137 cm³/mol. The van der Waals surface area contributed by atoms with E-state index < -0.39 is 0 Å². The van der Waals surface area contributed by atoms with E-state index in [4.69, 9.17) is 14.1 Å². The summed E-state index contributed by atoms with van der Waals surface area (Å²) < 4.78 is 10.9. The molecule has 2 aromatic rings. The first kappa shape index (κ1) is 25.7. The number of nitrogens with one attached hydrogen (secondary N) is 2. The fourth-order valence-corrected chi connectivity index (χ4v) is 3.71. The molecule has 3 rings (SSSR count). The number of guanidine groups is 1. The molecule has 172 valence electrons. The molecule has 2 heterocycles. The molecule has 0 saturated carbocycles. The number of nitrogens with zero attached hydrogens (tertiary/aromatic N) is 2. The van der Waals surface area contributed by atoms with Crippen molar-refractivity contribution >= 4 is 29.9 Å². The van der Waals surface area contributed by atoms with Gasteiger partial charge in [-0.25, -0.2) is 0 Å². The number of rotatable bonds is 12. The van der Waals surface area contributed by atoms with Crippen LogP contribution in [0.2, 0.25) is 0 Å². The molecule has 7 heteroatoms. The van der Waals surface area contributed by atoms with Gasteiger partial charge in [0.05, 0.1) is 6.26 Å². The van der Waals surface area contributed by atoms with Crippen molar-refractivity contribution in [3.8, 4) is 0 Å². The number of hydrogen-bond donors (Lipinski definition) is 2. The van der Waals surface area contributed by atoms with Crippen LogP contribution in [0.4, 0.5) is 0 Å². The highest BCUT2D eigenvalue weighted by atomic mass is 127. The highest BCUT2D eigenvalue weighted by Crippen LogP contribution is 2.17. The summed E-state index contributed by atoms with van der Waals surface area (Å²) in [5.41, 5.74) is 1.42. The molecule has 2 N–H and O–H groups in total. The molecule has 0 aliphatic carbocycles. The summed E-state index contributed by atoms with van der Waals surface area (Å²) in [5, 5.41) is 6.77. The maximum Gasteiger partial charge on any atom is 0.191 e. The Morgan fingerprint density at radius 2 is 2.06 bits per heavy atom. The van der Waals surface area contributed by atoms with Crippen LogP contribution in [0.25, 0.3) is 0 Å². The van der Waals surface area contributed by atoms with Crippen LogP contribution in [0.15, 0.2) is 58.1 Å². The Bertz CT molecular complexity index is 724. The summed E-state index contributed by atoms with van der Waals surface area (Å²) in [4.78, 5) is 7.39. The summed E-state index contributed by atoms with van der Waals surface area (Å²) in [7, 11) is 0. The average molecular weight is 540 g/mol. The maximum atomic E-state index is 5.63. The van der Waals surface area contributed by atoms with Gasteiger partial charge in [0, 0.05) is 39.3 Å². The van der Waals surface area contributed by atoms with Crippen molar-refractivity contribution < 1.29 is 9.15 Å². The number of hydrogen-bond acceptors (Lipinski definition) is 4. The molecule has 0 spiro atoms. The summed E-state index contributed by atoms with van der Waals surface area (Å²) in [6.07, 6.45) is 4.97. The summed E-state index contributed by atoms with van der Waals surface area (Å²) in [5.74, 6) is 2.42. The molecule has 0 bridgehead atoms. The molecule has 0 amide bonds. The molecule has 31 heavy (non-hydrogen) atoms. The smallest absolute Gasteiger partial charge is 0.191 e. The Kier molecular flexibility index (Phi) is 12.6. The van der Waals surface area contributed by atoms with Crippen molar-refractivity contribution in [2.45, 2.75) is 32.8 Å². The first-order chi connectivity index (χ1) is 14.8. The number of likely N-dealkylation sites (tertiary alicyclic amines) is 1. The standard InChI is InChI=1S/C24H36N4O2.HI/c1-2-25-24(26-13-7-16-29-20-23-10-6-17-30-23)27-18-22-12-15-28(19-22)14-11-21-8-4-3-5-9-21;/h3-6,8-10,17,22H,2,7,11-16,18-20H2,1H3,(H2,25,26,27);1H. The van der Waals surface area contributed by atoms with Crippen LogP contribution in [0.5, 0.6) is 0 Å². The van der Waals surface area contributed by atoms with E-state index in [1.54, 1.807) is 6.26 Å². The zero-order valence-electron chi connectivity index (χ0n) is 18.6. The third-order valence-corrected chi connectivity index (χ3v) is 5.36. The molecular weight excluding hydrogens is 503 g/mol. The number of benzene rings is 1. The number of aliphatic imine (C=N–C) groups is 1. The first-order valence-electron chi connectivity index (χ1n) is 11.2. The molecule has 1 aromatic carbocycles. The summed E-state index contributed by atoms with van der Waals surface area (Å²) in [6, 6.07) is 14.6. The van der Waals surface area contributed by atoms with Crippen LogP contribution in [0.1, 0.15) is 31.1 Å². The highest BCUT2D eigenvalue weighted by Gasteiger charge is 2.21. The quantitative estimate of drug-likeness (QED) is 0.185. The lowest BCUT2D eigenvalue weighted by Gasteiger charge is -2.16. The number of ether oxygens (including phenoxy) is 1. The Morgan fingerprint density at radius 3 is 2.84 bits per heavy atom. The minimum absolute atomic E-state index is 0. The van der Waals surface area contributed by atoms with Crippen molar-refractivity contribution in [2.75, 3.05) is 45.9 Å². The van der Waals surface area contributed by atoms with Gasteiger partial charge in [0.25, 0.3) is 0 Å². The lowest BCUT2D eigenvalue weighted by atomic mass is 10.1. The lowest BCUT2D eigenvalue weighted by molar-refractivity contribution is 0.105. The van der Waals surface area contributed by atoms with Gasteiger partial charge in [-0.3, -0.25) is 4.99 Å². The summed E-state index contributed by atoms with van der Waals surface area (Å²) >= 11 is 0. The molecule has 1 fully saturated rings. The van der Waals surface area contributed by atoms with Gasteiger partial charge in [-0.1, -0.05) is 30.3 Å². The molecule has 1 saturated heterocycles. The molecule has 0 radical (unpaired) electrons. The van der Waals surface area contributed by atoms with E-state index in [9.17, 15) is 0 Å². The highest BCUT2D eigenvalue weighted by molar-refractivity contribution is 14.0. The second-order valence-corrected chi connectivity index (χ2v) is 7.82. The van der Waals surface area contributed by atoms with Gasteiger partial charge in [0.15, 0.2) is 5.96 Å². The molecule has 1 aliphatic heterocycles. The largest absolute Gasteiger partial charge is 0.467 e. The van der Waals surface area contributed by atoms with E-state index >= 15 is 0 Å². The van der Waals surface area contributed by atoms with Gasteiger partial charge >= 0.3 is 0 Å². The Morgan fingerprint density at radius 1 is 1.19 bits per heavy atom. The van der Waals surface area contributed by atoms with Crippen LogP contribution in [0, 0.1) is 5.92 Å². The van der Waals surface area contributed by atoms with E-state index in [2.05, 4.69) is 52.8 Å². The minimum Gasteiger partial charge on any atom is -0.467 e. The topological polar surface area (TPSA) is 62.0 Å². The van der Waals surface area contributed by atoms with Gasteiger partial charge in [0.1, 0.15) is 12.4 Å². The van der Waals surface area contributed by atoms with Crippen molar-refractivity contribution in [3.63, 3.8) is 0 Å². The zero-order chi connectivity index (χ0) is 20.9. The van der Waals surface area contributed by atoms with Gasteiger partial charge in [-0.15, -0.1) is 24.0 Å². The van der Waals surface area contributed by atoms with E-state index in [1.807, 2.05) is 12.1 Å². The minimum atomic E-state index is 0. The van der Waals surface area contributed by atoms with Crippen LogP contribution >= 0.6 is 24.0 Å². The Hall–Kier alpha value is -1.58. The van der Waals surface area contributed by atoms with Crippen LogP contribution < -0.4 is 10.6 Å². The predicted octanol–water partition coefficient (Wildman–Crippen LogP) is 3.92. The molecule has 1 aromatic heterocycles. The lowest BCUT2D eigenvalue weighted by Crippen LogP contribution is -2.38. The van der Waals surface area contributed by atoms with Crippen molar-refractivity contribution in [1.82, 2.24) is 15.5 Å². The summed E-state index contributed by atoms with van der Waals surface area (Å²) in [6.45, 7) is 9.40. The number of furan rings is 1. The normalized spacial score (nSPS) is 16.8. The van der Waals surface area contributed by atoms with Gasteiger partial charge in [0.2, 0.25) is 0 Å². The van der Waals surface area contributed by atoms with E-state index in [1.165, 1.54) is 18.5 Å². The second kappa shape index (κ2) is 15.3. The van der Waals surface area contributed by atoms with Gasteiger partial charge in [-0.2, -0.15) is 0 Å². The molecule has 1 aliphatic rings. The van der Waals surface area contributed by atoms with Gasteiger partial charge < -0.3 is 24.7 Å². The monoisotopic (exact) mass is 540 g/mol. The molecular formula is C24H37IN4O2. The van der Waals surface area contributed by atoms with Crippen molar-refractivity contribution in [1.29, 1.82) is 0 Å². The second-order valence-electron chi connectivity index (χ2n) is 7.82. The first-order valence-corrected chi connectivity index (χ1v) is 11.2.